The molecule has 11 nitrogen and oxygen atoms in total. The van der Waals surface area contributed by atoms with Crippen molar-refractivity contribution in [3.63, 3.8) is 0 Å². The summed E-state index contributed by atoms with van der Waals surface area (Å²) in [5, 5.41) is 15.2. The summed E-state index contributed by atoms with van der Waals surface area (Å²) in [6, 6.07) is 3.13. The lowest BCUT2D eigenvalue weighted by Crippen LogP contribution is -2.35. The Morgan fingerprint density at radius 2 is 2.00 bits per heavy atom. The number of alkyl halides is 3. The summed E-state index contributed by atoms with van der Waals surface area (Å²) >= 11 is 0.785. The fourth-order valence-corrected chi connectivity index (χ4v) is 5.04. The van der Waals surface area contributed by atoms with Crippen LogP contribution in [0, 0.1) is 0 Å². The fourth-order valence-electron chi connectivity index (χ4n) is 3.48. The van der Waals surface area contributed by atoms with Gasteiger partial charge in [0.15, 0.2) is 5.75 Å². The number of carbonyl (C=O) groups excluding carboxylic acids is 1. The van der Waals surface area contributed by atoms with Gasteiger partial charge in [0.25, 0.3) is 5.13 Å². The van der Waals surface area contributed by atoms with Crippen LogP contribution in [0.2, 0.25) is 0 Å². The summed E-state index contributed by atoms with van der Waals surface area (Å²) in [7, 11) is -3.32. The highest BCUT2D eigenvalue weighted by Crippen LogP contribution is 2.39. The predicted molar refractivity (Wildman–Crippen MR) is 127 cm³/mol. The molecule has 2 aromatic rings. The van der Waals surface area contributed by atoms with E-state index in [1.54, 1.807) is 6.07 Å². The first-order chi connectivity index (χ1) is 16.9. The molecule has 0 unspecified atom stereocenters. The number of aromatic nitrogens is 2. The smallest absolute Gasteiger partial charge is 0.404 e. The maximum absolute atomic E-state index is 12.8. The van der Waals surface area contributed by atoms with Crippen LogP contribution in [0.4, 0.5) is 35.4 Å². The molecule has 3 rings (SSSR count). The summed E-state index contributed by atoms with van der Waals surface area (Å²) in [6.45, 7) is 4.87. The van der Waals surface area contributed by atoms with Crippen LogP contribution < -0.4 is 9.62 Å². The van der Waals surface area contributed by atoms with Crippen molar-refractivity contribution in [1.82, 2.24) is 10.2 Å². The third-order valence-corrected chi connectivity index (χ3v) is 6.97. The number of benzene rings is 1. The van der Waals surface area contributed by atoms with Crippen molar-refractivity contribution >= 4 is 49.5 Å². The van der Waals surface area contributed by atoms with Crippen LogP contribution in [0.25, 0.3) is 0 Å². The number of hydrogen-bond acceptors (Lipinski definition) is 11. The molecule has 36 heavy (non-hydrogen) atoms. The van der Waals surface area contributed by atoms with Crippen molar-refractivity contribution in [2.24, 2.45) is 10.2 Å². The first-order valence-corrected chi connectivity index (χ1v) is 13.3. The lowest BCUT2D eigenvalue weighted by Gasteiger charge is -2.35. The van der Waals surface area contributed by atoms with Gasteiger partial charge in [-0.3, -0.25) is 4.72 Å². The molecule has 198 valence electrons. The Hall–Kier alpha value is -2.85. The maximum atomic E-state index is 12.8. The zero-order chi connectivity index (χ0) is 26.5. The van der Waals surface area contributed by atoms with Crippen LogP contribution >= 0.6 is 11.3 Å². The number of halogens is 3. The minimum atomic E-state index is -4.92. The number of carbonyl (C=O) groups is 1. The van der Waals surface area contributed by atoms with Crippen LogP contribution in [-0.4, -0.2) is 69.4 Å². The van der Waals surface area contributed by atoms with E-state index < -0.39 is 27.9 Å². The van der Waals surface area contributed by atoms with Crippen LogP contribution in [0.5, 0.6) is 0 Å². The van der Waals surface area contributed by atoms with E-state index in [0.29, 0.717) is 18.7 Å². The third kappa shape index (κ3) is 7.57. The molecule has 0 saturated carbocycles. The largest absolute Gasteiger partial charge is 0.458 e. The Bertz CT molecular complexity index is 1220. The van der Waals surface area contributed by atoms with Gasteiger partial charge in [0.1, 0.15) is 12.3 Å². The number of rotatable bonds is 10. The quantitative estimate of drug-likeness (QED) is 0.264. The molecule has 0 atom stereocenters. The average Bonchev–Trinajstić information content (AvgIpc) is 3.24. The molecule has 1 aromatic heterocycles. The first kappa shape index (κ1) is 27.7. The Kier molecular flexibility index (Phi) is 8.84. The fraction of sp³-hybridized carbons (Fsp3) is 0.550. The molecule has 0 saturated heterocycles. The number of methoxy groups -OCH3 is 1. The zero-order valence-electron chi connectivity index (χ0n) is 19.7. The molecule has 16 heteroatoms. The highest BCUT2D eigenvalue weighted by Gasteiger charge is 2.36. The van der Waals surface area contributed by atoms with Gasteiger partial charge in [-0.2, -0.15) is 13.2 Å². The van der Waals surface area contributed by atoms with E-state index in [2.05, 4.69) is 20.4 Å². The van der Waals surface area contributed by atoms with Crippen LogP contribution in [-0.2, 0) is 25.9 Å². The molecule has 0 radical (unpaired) electrons. The SMILES string of the molecule is COCCOC(=O)c1nnc(N=Nc2cc3c(cc2NS(=O)(=O)CC(F)(F)F)N(C(C)C)CCC3)s1. The summed E-state index contributed by atoms with van der Waals surface area (Å²) in [5.41, 5.74) is 1.40. The number of anilines is 2. The van der Waals surface area contributed by atoms with Gasteiger partial charge >= 0.3 is 12.1 Å². The number of fused-ring (bicyclic) bond motifs is 1. The topological polar surface area (TPSA) is 135 Å². The number of ether oxygens (including phenoxy) is 2. The molecule has 1 N–H and O–H groups in total. The molecule has 1 aromatic carbocycles. The highest BCUT2D eigenvalue weighted by atomic mass is 32.2. The first-order valence-electron chi connectivity index (χ1n) is 10.8. The normalized spacial score (nSPS) is 14.4. The molecule has 2 heterocycles. The third-order valence-electron chi connectivity index (χ3n) is 4.95. The molecular formula is C20H25F3N6O5S2. The van der Waals surface area contributed by atoms with Crippen molar-refractivity contribution in [2.75, 3.05) is 42.2 Å². The number of aryl methyl sites for hydroxylation is 1. The van der Waals surface area contributed by atoms with Crippen molar-refractivity contribution in [2.45, 2.75) is 38.9 Å². The van der Waals surface area contributed by atoms with Gasteiger partial charge in [-0.25, -0.2) is 13.2 Å². The van der Waals surface area contributed by atoms with Crippen molar-refractivity contribution in [1.29, 1.82) is 0 Å². The van der Waals surface area contributed by atoms with Gasteiger partial charge in [0.05, 0.1) is 12.3 Å². The van der Waals surface area contributed by atoms with Crippen molar-refractivity contribution < 1.29 is 35.9 Å². The molecule has 0 bridgehead atoms. The number of azo groups is 1. The molecule has 0 fully saturated rings. The standard InChI is InChI=1S/C20H25F3N6O5S2/c1-12(2)29-6-4-5-13-9-14(15(10-16(13)29)28-36(31,32)11-20(21,22)23)24-26-19-27-25-17(35-19)18(30)34-8-7-33-3/h9-10,12,28H,4-8,11H2,1-3H3. The van der Waals surface area contributed by atoms with E-state index in [-0.39, 0.29) is 40.8 Å². The monoisotopic (exact) mass is 550 g/mol. The Balaban J connectivity index is 1.93. The Morgan fingerprint density at radius 1 is 1.25 bits per heavy atom. The van der Waals surface area contributed by atoms with Gasteiger partial charge in [0.2, 0.25) is 15.0 Å². The predicted octanol–water partition coefficient (Wildman–Crippen LogP) is 4.22. The minimum absolute atomic E-state index is 0.00419. The molecule has 0 amide bonds. The van der Waals surface area contributed by atoms with Gasteiger partial charge in [-0.1, -0.05) is 11.3 Å². The van der Waals surface area contributed by atoms with E-state index in [4.69, 9.17) is 9.47 Å². The molecule has 1 aliphatic heterocycles. The maximum Gasteiger partial charge on any atom is 0.404 e. The zero-order valence-corrected chi connectivity index (χ0v) is 21.3. The van der Waals surface area contributed by atoms with Crippen LogP contribution in [0.3, 0.4) is 0 Å². The highest BCUT2D eigenvalue weighted by molar-refractivity contribution is 7.92. The Labute approximate surface area is 209 Å². The lowest BCUT2D eigenvalue weighted by atomic mass is 9.99. The second-order valence-electron chi connectivity index (χ2n) is 8.08. The van der Waals surface area contributed by atoms with E-state index >= 15 is 0 Å². The van der Waals surface area contributed by atoms with Crippen LogP contribution in [0.1, 0.15) is 35.6 Å². The van der Waals surface area contributed by atoms with E-state index in [1.807, 2.05) is 23.5 Å². The van der Waals surface area contributed by atoms with Gasteiger partial charge in [0, 0.05) is 25.4 Å². The van der Waals surface area contributed by atoms with Gasteiger partial charge in [-0.15, -0.1) is 20.4 Å². The second kappa shape index (κ2) is 11.5. The number of hydrogen-bond donors (Lipinski definition) is 1. The van der Waals surface area contributed by atoms with Gasteiger partial charge in [-0.05, 0) is 44.4 Å². The summed E-state index contributed by atoms with van der Waals surface area (Å²) < 4.78 is 74.6. The number of esters is 1. The Morgan fingerprint density at radius 3 is 2.67 bits per heavy atom. The summed E-state index contributed by atoms with van der Waals surface area (Å²) in [4.78, 5) is 14.0. The second-order valence-corrected chi connectivity index (χ2v) is 10.8. The molecule has 0 spiro atoms. The average molecular weight is 551 g/mol. The van der Waals surface area contributed by atoms with Gasteiger partial charge < -0.3 is 14.4 Å². The lowest BCUT2D eigenvalue weighted by molar-refractivity contribution is -0.106. The van der Waals surface area contributed by atoms with Crippen molar-refractivity contribution in [3.8, 4) is 0 Å². The van der Waals surface area contributed by atoms with Crippen molar-refractivity contribution in [3.05, 3.63) is 22.7 Å². The van der Waals surface area contributed by atoms with E-state index in [1.165, 1.54) is 13.2 Å². The summed E-state index contributed by atoms with van der Waals surface area (Å²) in [5.74, 6) is -2.78. The number of nitrogens with zero attached hydrogens (tertiary/aromatic N) is 5. The number of sulfonamides is 1. The summed E-state index contributed by atoms with van der Waals surface area (Å²) in [6.07, 6.45) is -3.41. The molecular weight excluding hydrogens is 525 g/mol. The van der Waals surface area contributed by atoms with E-state index in [9.17, 15) is 26.4 Å². The van der Waals surface area contributed by atoms with E-state index in [0.717, 1.165) is 23.3 Å². The van der Waals surface area contributed by atoms with Crippen LogP contribution in [0.15, 0.2) is 22.4 Å². The minimum Gasteiger partial charge on any atom is -0.458 e. The molecule has 1 aliphatic rings. The molecule has 0 aliphatic carbocycles. The number of nitrogens with one attached hydrogen (secondary N) is 1.